The average molecular weight is 249 g/mol. The summed E-state index contributed by atoms with van der Waals surface area (Å²) < 4.78 is 11.5. The Morgan fingerprint density at radius 3 is 2.59 bits per heavy atom. The largest absolute Gasteiger partial charge is 0.542 e. The molecule has 1 aromatic heterocycles. The molecular weight excluding hydrogens is 230 g/mol. The fourth-order valence-corrected chi connectivity index (χ4v) is 2.39. The fourth-order valence-electron chi connectivity index (χ4n) is 1.37. The maximum absolute atomic E-state index is 6.25. The first-order chi connectivity index (χ1) is 7.81. The first-order valence-corrected chi connectivity index (χ1v) is 8.73. The van der Waals surface area contributed by atoms with Crippen LogP contribution in [0.4, 0.5) is 0 Å². The van der Waals surface area contributed by atoms with Crippen molar-refractivity contribution in [2.75, 3.05) is 0 Å². The molecule has 0 radical (unpaired) electrons. The molecule has 0 bridgehead atoms. The third-order valence-corrected chi connectivity index (χ3v) is 7.84. The van der Waals surface area contributed by atoms with E-state index in [4.69, 9.17) is 8.84 Å². The van der Waals surface area contributed by atoms with Gasteiger partial charge in [0.2, 0.25) is 0 Å². The van der Waals surface area contributed by atoms with Crippen molar-refractivity contribution < 1.29 is 8.84 Å². The maximum Gasteiger partial charge on any atom is 0.250 e. The van der Waals surface area contributed by atoms with E-state index in [9.17, 15) is 0 Å². The number of aromatic nitrogens is 1. The van der Waals surface area contributed by atoms with Gasteiger partial charge in [0, 0.05) is 0 Å². The van der Waals surface area contributed by atoms with Crippen molar-refractivity contribution in [2.45, 2.75) is 38.9 Å². The molecule has 4 heteroatoms. The number of oxazole rings is 1. The zero-order valence-electron chi connectivity index (χ0n) is 11.1. The summed E-state index contributed by atoms with van der Waals surface area (Å²) in [5.41, 5.74) is 1.60. The molecule has 0 aliphatic rings. The molecule has 3 nitrogen and oxygen atoms in total. The smallest absolute Gasteiger partial charge is 0.250 e. The summed E-state index contributed by atoms with van der Waals surface area (Å²) in [5.74, 6) is 0.836. The Kier molecular flexibility index (Phi) is 2.77. The Labute approximate surface area is 103 Å². The van der Waals surface area contributed by atoms with Gasteiger partial charge in [-0.1, -0.05) is 26.8 Å². The summed E-state index contributed by atoms with van der Waals surface area (Å²) in [7, 11) is -1.82. The Morgan fingerprint density at radius 1 is 1.24 bits per heavy atom. The van der Waals surface area contributed by atoms with E-state index in [1.807, 2.05) is 18.2 Å². The predicted molar refractivity (Wildman–Crippen MR) is 71.8 cm³/mol. The van der Waals surface area contributed by atoms with E-state index in [1.165, 1.54) is 6.39 Å². The van der Waals surface area contributed by atoms with Gasteiger partial charge in [0.25, 0.3) is 8.32 Å². The minimum absolute atomic E-state index is 0.179. The van der Waals surface area contributed by atoms with E-state index in [2.05, 4.69) is 38.8 Å². The first-order valence-electron chi connectivity index (χ1n) is 5.82. The van der Waals surface area contributed by atoms with E-state index in [1.54, 1.807) is 0 Å². The fraction of sp³-hybridized carbons (Fsp3) is 0.462. The highest BCUT2D eigenvalue weighted by atomic mass is 28.4. The van der Waals surface area contributed by atoms with E-state index >= 15 is 0 Å². The second-order valence-corrected chi connectivity index (χ2v) is 10.5. The van der Waals surface area contributed by atoms with Gasteiger partial charge < -0.3 is 8.84 Å². The molecule has 0 amide bonds. The van der Waals surface area contributed by atoms with Crippen LogP contribution >= 0.6 is 0 Å². The molecule has 0 N–H and O–H groups in total. The summed E-state index contributed by atoms with van der Waals surface area (Å²) in [4.78, 5) is 4.22. The number of benzene rings is 1. The van der Waals surface area contributed by atoms with Crippen molar-refractivity contribution in [3.05, 3.63) is 24.6 Å². The molecular formula is C13H19NO2Si. The molecule has 1 aromatic carbocycles. The van der Waals surface area contributed by atoms with Crippen LogP contribution in [-0.4, -0.2) is 13.3 Å². The van der Waals surface area contributed by atoms with Gasteiger partial charge in [-0.25, -0.2) is 4.98 Å². The molecule has 0 atom stereocenters. The highest BCUT2D eigenvalue weighted by Gasteiger charge is 2.39. The van der Waals surface area contributed by atoms with Crippen LogP contribution in [-0.2, 0) is 0 Å². The van der Waals surface area contributed by atoms with Crippen molar-refractivity contribution >= 4 is 19.4 Å². The van der Waals surface area contributed by atoms with Crippen LogP contribution in [0, 0.1) is 0 Å². The number of hydrogen-bond acceptors (Lipinski definition) is 3. The third-order valence-electron chi connectivity index (χ3n) is 3.49. The second kappa shape index (κ2) is 3.87. The SMILES string of the molecule is CC(C)(C)[Si](C)(C)Oc1cccc2ocnc12. The zero-order chi connectivity index (χ0) is 12.7. The molecule has 92 valence electrons. The number of para-hydroxylation sites is 1. The van der Waals surface area contributed by atoms with Gasteiger partial charge in [-0.15, -0.1) is 0 Å². The highest BCUT2D eigenvalue weighted by molar-refractivity contribution is 6.74. The summed E-state index contributed by atoms with van der Waals surface area (Å²) >= 11 is 0. The standard InChI is InChI=1S/C13H19NO2Si/c1-13(2,3)17(4,5)16-11-8-6-7-10-12(11)14-9-15-10/h6-9H,1-5H3. The number of rotatable bonds is 2. The van der Waals surface area contributed by atoms with Gasteiger partial charge >= 0.3 is 0 Å². The second-order valence-electron chi connectivity index (χ2n) is 5.82. The Morgan fingerprint density at radius 2 is 1.94 bits per heavy atom. The van der Waals surface area contributed by atoms with Gasteiger partial charge in [0.05, 0.1) is 0 Å². The van der Waals surface area contributed by atoms with Crippen LogP contribution in [0.15, 0.2) is 29.0 Å². The summed E-state index contributed by atoms with van der Waals surface area (Å²) in [5, 5.41) is 0.179. The van der Waals surface area contributed by atoms with Crippen LogP contribution in [0.1, 0.15) is 20.8 Å². The van der Waals surface area contributed by atoms with E-state index in [-0.39, 0.29) is 5.04 Å². The van der Waals surface area contributed by atoms with Crippen molar-refractivity contribution in [3.8, 4) is 5.75 Å². The molecule has 17 heavy (non-hydrogen) atoms. The van der Waals surface area contributed by atoms with E-state index in [0.717, 1.165) is 16.8 Å². The number of nitrogens with zero attached hydrogens (tertiary/aromatic N) is 1. The maximum atomic E-state index is 6.25. The van der Waals surface area contributed by atoms with Crippen molar-refractivity contribution in [2.24, 2.45) is 0 Å². The lowest BCUT2D eigenvalue weighted by Gasteiger charge is -2.36. The van der Waals surface area contributed by atoms with Gasteiger partial charge in [-0.05, 0) is 30.3 Å². The van der Waals surface area contributed by atoms with Crippen LogP contribution in [0.5, 0.6) is 5.75 Å². The lowest BCUT2D eigenvalue weighted by molar-refractivity contribution is 0.495. The summed E-state index contributed by atoms with van der Waals surface area (Å²) in [6.07, 6.45) is 1.46. The minimum Gasteiger partial charge on any atom is -0.542 e. The summed E-state index contributed by atoms with van der Waals surface area (Å²) in [6.45, 7) is 11.1. The van der Waals surface area contributed by atoms with Gasteiger partial charge in [-0.3, -0.25) is 0 Å². The molecule has 2 rings (SSSR count). The zero-order valence-corrected chi connectivity index (χ0v) is 12.1. The Balaban J connectivity index is 2.39. The topological polar surface area (TPSA) is 35.3 Å². The predicted octanol–water partition coefficient (Wildman–Crippen LogP) is 4.21. The summed E-state index contributed by atoms with van der Waals surface area (Å²) in [6, 6.07) is 5.81. The van der Waals surface area contributed by atoms with Gasteiger partial charge in [-0.2, -0.15) is 0 Å². The molecule has 1 heterocycles. The van der Waals surface area contributed by atoms with Gasteiger partial charge in [0.15, 0.2) is 12.0 Å². The van der Waals surface area contributed by atoms with Crippen LogP contribution in [0.25, 0.3) is 11.1 Å². The Hall–Kier alpha value is -1.29. The normalized spacial score (nSPS) is 13.0. The number of hydrogen-bond donors (Lipinski definition) is 0. The third kappa shape index (κ3) is 2.22. The minimum atomic E-state index is -1.82. The monoisotopic (exact) mass is 249 g/mol. The van der Waals surface area contributed by atoms with Crippen LogP contribution < -0.4 is 4.43 Å². The lowest BCUT2D eigenvalue weighted by atomic mass is 10.2. The molecule has 0 saturated carbocycles. The van der Waals surface area contributed by atoms with E-state index in [0.29, 0.717) is 0 Å². The molecule has 0 unspecified atom stereocenters. The number of fused-ring (bicyclic) bond motifs is 1. The van der Waals surface area contributed by atoms with Gasteiger partial charge in [0.1, 0.15) is 11.3 Å². The highest BCUT2D eigenvalue weighted by Crippen LogP contribution is 2.38. The molecule has 0 saturated heterocycles. The molecule has 0 spiro atoms. The van der Waals surface area contributed by atoms with Crippen molar-refractivity contribution in [3.63, 3.8) is 0 Å². The molecule has 0 aliphatic heterocycles. The van der Waals surface area contributed by atoms with Crippen LogP contribution in [0.2, 0.25) is 18.1 Å². The Bertz CT molecular complexity index is 525. The first kappa shape index (κ1) is 12.2. The lowest BCUT2D eigenvalue weighted by Crippen LogP contribution is -2.43. The van der Waals surface area contributed by atoms with Crippen molar-refractivity contribution in [1.82, 2.24) is 4.98 Å². The van der Waals surface area contributed by atoms with Crippen LogP contribution in [0.3, 0.4) is 0 Å². The molecule has 0 fully saturated rings. The molecule has 0 aliphatic carbocycles. The quantitative estimate of drug-likeness (QED) is 0.748. The van der Waals surface area contributed by atoms with E-state index < -0.39 is 8.32 Å². The van der Waals surface area contributed by atoms with Crippen molar-refractivity contribution in [1.29, 1.82) is 0 Å². The average Bonchev–Trinajstić information content (AvgIpc) is 2.64. The molecule has 2 aromatic rings.